The number of sulfonamides is 1. The molecule has 98 valence electrons. The third-order valence-electron chi connectivity index (χ3n) is 2.40. The minimum absolute atomic E-state index is 0.192. The lowest BCUT2D eigenvalue weighted by molar-refractivity contribution is 0.577. The van der Waals surface area contributed by atoms with Gasteiger partial charge in [0.1, 0.15) is 6.04 Å². The minimum Gasteiger partial charge on any atom is -0.207 e. The molecule has 0 aliphatic carbocycles. The maximum absolute atomic E-state index is 11.9. The summed E-state index contributed by atoms with van der Waals surface area (Å²) in [5, 5.41) is 8.61. The molecule has 0 amide bonds. The molecule has 4 nitrogen and oxygen atoms in total. The first kappa shape index (κ1) is 14.7. The Kier molecular flexibility index (Phi) is 4.88. The molecule has 0 aliphatic rings. The van der Waals surface area contributed by atoms with Gasteiger partial charge in [-0.15, -0.1) is 0 Å². The predicted molar refractivity (Wildman–Crippen MR) is 70.4 cm³/mol. The lowest BCUT2D eigenvalue weighted by Gasteiger charge is -2.09. The van der Waals surface area contributed by atoms with E-state index in [0.29, 0.717) is 5.92 Å². The van der Waals surface area contributed by atoms with E-state index in [1.165, 1.54) is 6.92 Å². The fourth-order valence-electron chi connectivity index (χ4n) is 1.60. The van der Waals surface area contributed by atoms with Gasteiger partial charge in [0.05, 0.1) is 11.0 Å². The van der Waals surface area contributed by atoms with Gasteiger partial charge in [0.15, 0.2) is 0 Å². The fraction of sp³-hybridized carbons (Fsp3) is 0.462. The average Bonchev–Trinajstić information content (AvgIpc) is 2.28. The van der Waals surface area contributed by atoms with Crippen LogP contribution in [0, 0.1) is 17.2 Å². The van der Waals surface area contributed by atoms with Crippen LogP contribution in [-0.2, 0) is 16.4 Å². The van der Waals surface area contributed by atoms with Crippen LogP contribution in [0.4, 0.5) is 0 Å². The minimum atomic E-state index is -3.59. The molecule has 0 fully saturated rings. The quantitative estimate of drug-likeness (QED) is 0.887. The van der Waals surface area contributed by atoms with E-state index in [2.05, 4.69) is 18.6 Å². The lowest BCUT2D eigenvalue weighted by Crippen LogP contribution is -2.31. The van der Waals surface area contributed by atoms with Crippen LogP contribution in [0.5, 0.6) is 0 Å². The second-order valence-electron chi connectivity index (χ2n) is 4.71. The maximum atomic E-state index is 11.9. The molecule has 0 spiro atoms. The zero-order valence-corrected chi connectivity index (χ0v) is 11.7. The summed E-state index contributed by atoms with van der Waals surface area (Å²) in [6.07, 6.45) is 0.919. The molecule has 18 heavy (non-hydrogen) atoms. The standard InChI is InChI=1S/C13H18N2O2S/c1-10(2)8-12-4-6-13(7-5-12)18(16,17)15-11(3)9-14/h4-7,10-11,15H,8H2,1-3H3/t11-/m0/s1. The summed E-state index contributed by atoms with van der Waals surface area (Å²) in [6, 6.07) is 7.88. The Balaban J connectivity index is 2.88. The van der Waals surface area contributed by atoms with Gasteiger partial charge < -0.3 is 0 Å². The molecular formula is C13H18N2O2S. The molecule has 0 heterocycles. The summed E-state index contributed by atoms with van der Waals surface area (Å²) in [6.45, 7) is 5.73. The van der Waals surface area contributed by atoms with Gasteiger partial charge in [-0.05, 0) is 37.0 Å². The van der Waals surface area contributed by atoms with Gasteiger partial charge in [-0.1, -0.05) is 26.0 Å². The van der Waals surface area contributed by atoms with Gasteiger partial charge in [-0.3, -0.25) is 0 Å². The second-order valence-corrected chi connectivity index (χ2v) is 6.43. The number of nitrogens with one attached hydrogen (secondary N) is 1. The summed E-state index contributed by atoms with van der Waals surface area (Å²) in [4.78, 5) is 0.192. The highest BCUT2D eigenvalue weighted by atomic mass is 32.2. The SMILES string of the molecule is CC(C)Cc1ccc(S(=O)(=O)N[C@@H](C)C#N)cc1. The van der Waals surface area contributed by atoms with Crippen LogP contribution in [0.2, 0.25) is 0 Å². The summed E-state index contributed by atoms with van der Waals surface area (Å²) in [5.41, 5.74) is 1.11. The maximum Gasteiger partial charge on any atom is 0.241 e. The molecular weight excluding hydrogens is 248 g/mol. The molecule has 0 aromatic heterocycles. The van der Waals surface area contributed by atoms with Gasteiger partial charge >= 0.3 is 0 Å². The van der Waals surface area contributed by atoms with Crippen molar-refractivity contribution in [1.29, 1.82) is 5.26 Å². The fourth-order valence-corrected chi connectivity index (χ4v) is 2.75. The topological polar surface area (TPSA) is 70.0 Å². The zero-order chi connectivity index (χ0) is 13.8. The van der Waals surface area contributed by atoms with Crippen molar-refractivity contribution in [3.63, 3.8) is 0 Å². The van der Waals surface area contributed by atoms with Crippen molar-refractivity contribution in [2.45, 2.75) is 38.1 Å². The lowest BCUT2D eigenvalue weighted by atomic mass is 10.0. The van der Waals surface area contributed by atoms with Crippen LogP contribution in [0.25, 0.3) is 0 Å². The van der Waals surface area contributed by atoms with Gasteiger partial charge in [0, 0.05) is 0 Å². The molecule has 5 heteroatoms. The second kappa shape index (κ2) is 5.98. The number of hydrogen-bond acceptors (Lipinski definition) is 3. The van der Waals surface area contributed by atoms with Gasteiger partial charge in [-0.2, -0.15) is 9.98 Å². The van der Waals surface area contributed by atoms with Crippen molar-refractivity contribution < 1.29 is 8.42 Å². The van der Waals surface area contributed by atoms with Crippen LogP contribution in [0.1, 0.15) is 26.3 Å². The Labute approximate surface area is 109 Å². The van der Waals surface area contributed by atoms with Crippen LogP contribution in [0.3, 0.4) is 0 Å². The molecule has 0 saturated heterocycles. The van der Waals surface area contributed by atoms with E-state index in [9.17, 15) is 8.42 Å². The van der Waals surface area contributed by atoms with Gasteiger partial charge in [-0.25, -0.2) is 8.42 Å². The smallest absolute Gasteiger partial charge is 0.207 e. The van der Waals surface area contributed by atoms with Crippen molar-refractivity contribution in [3.8, 4) is 6.07 Å². The molecule has 0 aliphatic heterocycles. The zero-order valence-electron chi connectivity index (χ0n) is 10.8. The third kappa shape index (κ3) is 4.13. The highest BCUT2D eigenvalue weighted by molar-refractivity contribution is 7.89. The Bertz CT molecular complexity index is 527. The summed E-state index contributed by atoms with van der Waals surface area (Å²) in [5.74, 6) is 0.532. The molecule has 0 saturated carbocycles. The predicted octanol–water partition coefficient (Wildman–Crippen LogP) is 2.08. The van der Waals surface area contributed by atoms with Gasteiger partial charge in [0.25, 0.3) is 0 Å². The van der Waals surface area contributed by atoms with Crippen molar-refractivity contribution in [2.24, 2.45) is 5.92 Å². The number of benzene rings is 1. The average molecular weight is 266 g/mol. The Hall–Kier alpha value is -1.38. The Morgan fingerprint density at radius 1 is 1.22 bits per heavy atom. The Morgan fingerprint density at radius 2 is 1.78 bits per heavy atom. The number of hydrogen-bond donors (Lipinski definition) is 1. The molecule has 0 bridgehead atoms. The van der Waals surface area contributed by atoms with E-state index < -0.39 is 16.1 Å². The Morgan fingerprint density at radius 3 is 2.22 bits per heavy atom. The highest BCUT2D eigenvalue weighted by Gasteiger charge is 2.16. The number of nitriles is 1. The van der Waals surface area contributed by atoms with Crippen LogP contribution < -0.4 is 4.72 Å². The van der Waals surface area contributed by atoms with E-state index in [4.69, 9.17) is 5.26 Å². The number of nitrogens with zero attached hydrogens (tertiary/aromatic N) is 1. The first-order chi connectivity index (χ1) is 8.35. The first-order valence-corrected chi connectivity index (χ1v) is 7.34. The van der Waals surface area contributed by atoms with E-state index in [-0.39, 0.29) is 4.90 Å². The summed E-state index contributed by atoms with van der Waals surface area (Å²) >= 11 is 0. The largest absolute Gasteiger partial charge is 0.241 e. The van der Waals surface area contributed by atoms with E-state index in [1.807, 2.05) is 18.2 Å². The van der Waals surface area contributed by atoms with Crippen molar-refractivity contribution in [2.75, 3.05) is 0 Å². The van der Waals surface area contributed by atoms with Crippen molar-refractivity contribution >= 4 is 10.0 Å². The third-order valence-corrected chi connectivity index (χ3v) is 3.96. The van der Waals surface area contributed by atoms with E-state index >= 15 is 0 Å². The monoisotopic (exact) mass is 266 g/mol. The number of rotatable bonds is 5. The first-order valence-electron chi connectivity index (χ1n) is 5.86. The van der Waals surface area contributed by atoms with Crippen LogP contribution >= 0.6 is 0 Å². The van der Waals surface area contributed by atoms with Crippen LogP contribution in [-0.4, -0.2) is 14.5 Å². The molecule has 0 unspecified atom stereocenters. The van der Waals surface area contributed by atoms with Crippen LogP contribution in [0.15, 0.2) is 29.2 Å². The molecule has 1 aromatic rings. The molecule has 1 aromatic carbocycles. The van der Waals surface area contributed by atoms with Crippen molar-refractivity contribution in [3.05, 3.63) is 29.8 Å². The molecule has 1 rings (SSSR count). The summed E-state index contributed by atoms with van der Waals surface area (Å²) in [7, 11) is -3.59. The van der Waals surface area contributed by atoms with Crippen molar-refractivity contribution in [1.82, 2.24) is 4.72 Å². The molecule has 1 N–H and O–H groups in total. The molecule has 1 atom stereocenters. The van der Waals surface area contributed by atoms with E-state index in [0.717, 1.165) is 12.0 Å². The molecule has 0 radical (unpaired) electrons. The highest BCUT2D eigenvalue weighted by Crippen LogP contribution is 2.13. The van der Waals surface area contributed by atoms with E-state index in [1.54, 1.807) is 12.1 Å². The normalized spacial score (nSPS) is 13.3. The summed E-state index contributed by atoms with van der Waals surface area (Å²) < 4.78 is 26.0. The van der Waals surface area contributed by atoms with Gasteiger partial charge in [0.2, 0.25) is 10.0 Å².